The number of ether oxygens (including phenoxy) is 1. The van der Waals surface area contributed by atoms with E-state index in [1.165, 1.54) is 0 Å². The van der Waals surface area contributed by atoms with Gasteiger partial charge in [-0.1, -0.05) is 6.07 Å². The number of carbonyl (C=O) groups excluding carboxylic acids is 1. The van der Waals surface area contributed by atoms with Crippen molar-refractivity contribution in [3.63, 3.8) is 0 Å². The molecule has 0 atom stereocenters. The van der Waals surface area contributed by atoms with E-state index in [2.05, 4.69) is 15.6 Å². The second-order valence-corrected chi connectivity index (χ2v) is 5.98. The van der Waals surface area contributed by atoms with Crippen LogP contribution in [0.2, 0.25) is 0 Å². The van der Waals surface area contributed by atoms with Crippen LogP contribution in [0.25, 0.3) is 0 Å². The van der Waals surface area contributed by atoms with Gasteiger partial charge in [0, 0.05) is 29.6 Å². The van der Waals surface area contributed by atoms with Crippen molar-refractivity contribution in [2.24, 2.45) is 0 Å². The maximum Gasteiger partial charge on any atom is 0.218 e. The van der Waals surface area contributed by atoms with E-state index in [4.69, 9.17) is 17.0 Å². The summed E-state index contributed by atoms with van der Waals surface area (Å²) in [6.45, 7) is 5.97. The molecule has 0 aliphatic rings. The number of benzene rings is 1. The Morgan fingerprint density at radius 3 is 2.58 bits per heavy atom. The van der Waals surface area contributed by atoms with Crippen molar-refractivity contribution < 1.29 is 9.53 Å². The van der Waals surface area contributed by atoms with Crippen LogP contribution in [0.15, 0.2) is 42.6 Å². The summed E-state index contributed by atoms with van der Waals surface area (Å²) in [6, 6.07) is 11.0. The fourth-order valence-corrected chi connectivity index (χ4v) is 2.22. The third-order valence-corrected chi connectivity index (χ3v) is 3.43. The smallest absolute Gasteiger partial charge is 0.218 e. The minimum absolute atomic E-state index is 0.0384. The fraction of sp³-hybridized carbons (Fsp3) is 0.278. The number of anilines is 1. The summed E-state index contributed by atoms with van der Waals surface area (Å²) >= 11 is 5.30. The Labute approximate surface area is 147 Å². The molecular weight excluding hydrogens is 322 g/mol. The number of nitrogens with zero attached hydrogens (tertiary/aromatic N) is 1. The first kappa shape index (κ1) is 17.9. The molecule has 0 saturated carbocycles. The van der Waals surface area contributed by atoms with Gasteiger partial charge in [-0.2, -0.15) is 0 Å². The summed E-state index contributed by atoms with van der Waals surface area (Å²) in [5.74, 6) is 0.644. The number of rotatable bonds is 6. The molecule has 2 aromatic rings. The molecule has 2 N–H and O–H groups in total. The van der Waals surface area contributed by atoms with E-state index in [1.807, 2.05) is 38.1 Å². The highest BCUT2D eigenvalue weighted by molar-refractivity contribution is 7.80. The highest BCUT2D eigenvalue weighted by Crippen LogP contribution is 2.16. The first-order valence-corrected chi connectivity index (χ1v) is 8.13. The molecule has 6 heteroatoms. The third-order valence-electron chi connectivity index (χ3n) is 3.19. The molecule has 0 aliphatic carbocycles. The van der Waals surface area contributed by atoms with Gasteiger partial charge in [0.1, 0.15) is 0 Å². The number of hydrogen-bond acceptors (Lipinski definition) is 4. The fourth-order valence-electron chi connectivity index (χ4n) is 2.03. The van der Waals surface area contributed by atoms with Gasteiger partial charge in [-0.05, 0) is 63.3 Å². The summed E-state index contributed by atoms with van der Waals surface area (Å²) in [7, 11) is 0. The van der Waals surface area contributed by atoms with Crippen LogP contribution in [0.5, 0.6) is 5.88 Å². The van der Waals surface area contributed by atoms with Gasteiger partial charge in [0.05, 0.1) is 6.10 Å². The van der Waals surface area contributed by atoms with E-state index in [-0.39, 0.29) is 11.9 Å². The van der Waals surface area contributed by atoms with Gasteiger partial charge in [0.25, 0.3) is 0 Å². The van der Waals surface area contributed by atoms with E-state index in [0.29, 0.717) is 23.1 Å². The molecule has 0 saturated heterocycles. The highest BCUT2D eigenvalue weighted by atomic mass is 32.1. The number of aromatic nitrogens is 1. The summed E-state index contributed by atoms with van der Waals surface area (Å²) in [6.07, 6.45) is 1.76. The summed E-state index contributed by atoms with van der Waals surface area (Å²) < 4.78 is 5.68. The van der Waals surface area contributed by atoms with E-state index in [9.17, 15) is 4.79 Å². The summed E-state index contributed by atoms with van der Waals surface area (Å²) in [5.41, 5.74) is 2.43. The molecule has 0 aliphatic heterocycles. The SMILES string of the molecule is CC(=O)c1ccc(NC(=S)NCc2cccnc2OC(C)C)cc1. The molecule has 24 heavy (non-hydrogen) atoms. The quantitative estimate of drug-likeness (QED) is 0.618. The van der Waals surface area contributed by atoms with Crippen LogP contribution in [0.4, 0.5) is 5.69 Å². The Balaban J connectivity index is 1.92. The van der Waals surface area contributed by atoms with E-state index < -0.39 is 0 Å². The van der Waals surface area contributed by atoms with Crippen molar-refractivity contribution in [2.75, 3.05) is 5.32 Å². The van der Waals surface area contributed by atoms with Crippen molar-refractivity contribution in [3.05, 3.63) is 53.7 Å². The van der Waals surface area contributed by atoms with Crippen LogP contribution in [-0.2, 0) is 6.54 Å². The van der Waals surface area contributed by atoms with Crippen LogP contribution in [0.3, 0.4) is 0 Å². The number of ketones is 1. The molecular formula is C18H21N3O2S. The first-order valence-electron chi connectivity index (χ1n) is 7.72. The van der Waals surface area contributed by atoms with Crippen LogP contribution in [-0.4, -0.2) is 22.0 Å². The third kappa shape index (κ3) is 5.31. The molecule has 0 unspecified atom stereocenters. The second kappa shape index (κ2) is 8.40. The average molecular weight is 343 g/mol. The summed E-state index contributed by atoms with van der Waals surface area (Å²) in [4.78, 5) is 15.5. The zero-order chi connectivity index (χ0) is 17.5. The lowest BCUT2D eigenvalue weighted by Crippen LogP contribution is -2.28. The molecule has 2 rings (SSSR count). The zero-order valence-electron chi connectivity index (χ0n) is 14.0. The highest BCUT2D eigenvalue weighted by Gasteiger charge is 2.07. The minimum atomic E-state index is 0.0384. The van der Waals surface area contributed by atoms with Gasteiger partial charge < -0.3 is 15.4 Å². The number of pyridine rings is 1. The molecule has 0 spiro atoms. The van der Waals surface area contributed by atoms with Gasteiger partial charge in [0.2, 0.25) is 5.88 Å². The van der Waals surface area contributed by atoms with Gasteiger partial charge >= 0.3 is 0 Å². The number of carbonyl (C=O) groups is 1. The zero-order valence-corrected chi connectivity index (χ0v) is 14.8. The monoisotopic (exact) mass is 343 g/mol. The Morgan fingerprint density at radius 2 is 1.96 bits per heavy atom. The lowest BCUT2D eigenvalue weighted by molar-refractivity contribution is 0.101. The Hall–Kier alpha value is -2.47. The van der Waals surface area contributed by atoms with Crippen molar-refractivity contribution in [2.45, 2.75) is 33.4 Å². The lowest BCUT2D eigenvalue weighted by atomic mass is 10.1. The van der Waals surface area contributed by atoms with Crippen LogP contribution >= 0.6 is 12.2 Å². The lowest BCUT2D eigenvalue weighted by Gasteiger charge is -2.14. The van der Waals surface area contributed by atoms with Crippen molar-refractivity contribution in [1.29, 1.82) is 0 Å². The standard InChI is InChI=1S/C18H21N3O2S/c1-12(2)23-17-15(5-4-10-19-17)11-20-18(24)21-16-8-6-14(7-9-16)13(3)22/h4-10,12H,11H2,1-3H3,(H2,20,21,24). The van der Waals surface area contributed by atoms with E-state index >= 15 is 0 Å². The molecule has 0 fully saturated rings. The van der Waals surface area contributed by atoms with Gasteiger partial charge in [0.15, 0.2) is 10.9 Å². The molecule has 0 bridgehead atoms. The van der Waals surface area contributed by atoms with Gasteiger partial charge in [-0.3, -0.25) is 4.79 Å². The van der Waals surface area contributed by atoms with Crippen LogP contribution in [0.1, 0.15) is 36.7 Å². The van der Waals surface area contributed by atoms with Crippen molar-refractivity contribution >= 4 is 28.8 Å². The molecule has 5 nitrogen and oxygen atoms in total. The average Bonchev–Trinajstić information content (AvgIpc) is 2.54. The topological polar surface area (TPSA) is 63.2 Å². The van der Waals surface area contributed by atoms with Crippen molar-refractivity contribution in [1.82, 2.24) is 10.3 Å². The van der Waals surface area contributed by atoms with Gasteiger partial charge in [-0.15, -0.1) is 0 Å². The predicted octanol–water partition coefficient (Wildman–Crippen LogP) is 3.56. The normalized spacial score (nSPS) is 10.3. The Bertz CT molecular complexity index is 714. The Kier molecular flexibility index (Phi) is 6.26. The van der Waals surface area contributed by atoms with E-state index in [0.717, 1.165) is 11.3 Å². The van der Waals surface area contributed by atoms with Crippen LogP contribution in [0, 0.1) is 0 Å². The first-order chi connectivity index (χ1) is 11.5. The number of hydrogen-bond donors (Lipinski definition) is 2. The molecule has 126 valence electrons. The largest absolute Gasteiger partial charge is 0.475 e. The number of Topliss-reactive ketones (excluding diaryl/α,β-unsaturated/α-hetero) is 1. The molecule has 0 amide bonds. The predicted molar refractivity (Wildman–Crippen MR) is 99.5 cm³/mol. The number of thiocarbonyl (C=S) groups is 1. The molecule has 0 radical (unpaired) electrons. The minimum Gasteiger partial charge on any atom is -0.475 e. The van der Waals surface area contributed by atoms with Crippen LogP contribution < -0.4 is 15.4 Å². The summed E-state index contributed by atoms with van der Waals surface area (Å²) in [5, 5.41) is 6.71. The maximum atomic E-state index is 11.3. The number of nitrogens with one attached hydrogen (secondary N) is 2. The maximum absolute atomic E-state index is 11.3. The molecule has 1 aromatic carbocycles. The Morgan fingerprint density at radius 1 is 1.25 bits per heavy atom. The van der Waals surface area contributed by atoms with Crippen molar-refractivity contribution in [3.8, 4) is 5.88 Å². The van der Waals surface area contributed by atoms with Gasteiger partial charge in [-0.25, -0.2) is 4.98 Å². The molecule has 1 aromatic heterocycles. The van der Waals surface area contributed by atoms with E-state index in [1.54, 1.807) is 25.3 Å². The second-order valence-electron chi connectivity index (χ2n) is 5.58. The molecule has 1 heterocycles.